The highest BCUT2D eigenvalue weighted by molar-refractivity contribution is 6.00. The van der Waals surface area contributed by atoms with Crippen LogP contribution in [0.2, 0.25) is 0 Å². The molecule has 0 aliphatic carbocycles. The van der Waals surface area contributed by atoms with E-state index >= 15 is 0 Å². The highest BCUT2D eigenvalue weighted by Crippen LogP contribution is 2.35. The van der Waals surface area contributed by atoms with Crippen molar-refractivity contribution >= 4 is 23.2 Å². The zero-order valence-electron chi connectivity index (χ0n) is 15.3. The Morgan fingerprint density at radius 3 is 2.62 bits per heavy atom. The minimum absolute atomic E-state index is 0.0922. The largest absolute Gasteiger partial charge is 0.483 e. The fraction of sp³-hybridized carbons (Fsp3) is 0.300. The number of carbonyl (C=O) groups is 2. The Morgan fingerprint density at radius 2 is 1.92 bits per heavy atom. The summed E-state index contributed by atoms with van der Waals surface area (Å²) in [6.07, 6.45) is -0.515. The predicted molar refractivity (Wildman–Crippen MR) is 100.0 cm³/mol. The molecule has 0 aromatic heterocycles. The number of fused-ring (bicyclic) bond motifs is 1. The second kappa shape index (κ2) is 7.07. The molecule has 1 N–H and O–H groups in total. The first-order valence-corrected chi connectivity index (χ1v) is 8.44. The van der Waals surface area contributed by atoms with Crippen molar-refractivity contribution in [1.29, 1.82) is 0 Å². The molecule has 2 aromatic rings. The molecule has 26 heavy (non-hydrogen) atoms. The molecule has 6 heteroatoms. The summed E-state index contributed by atoms with van der Waals surface area (Å²) in [5, 5.41) is 2.79. The molecule has 6 nitrogen and oxygen atoms in total. The van der Waals surface area contributed by atoms with E-state index < -0.39 is 6.10 Å². The van der Waals surface area contributed by atoms with Gasteiger partial charge in [0.15, 0.2) is 12.7 Å². The minimum Gasteiger partial charge on any atom is -0.483 e. The number of anilines is 2. The SMILES string of the molecule is Cc1cccc(C)c1OCC(=O)Nc1ccc2c(c1)N(C)C(=O)[C@H](C)O2. The Kier molecular flexibility index (Phi) is 4.84. The van der Waals surface area contributed by atoms with Crippen LogP contribution in [0.25, 0.3) is 0 Å². The molecule has 3 rings (SSSR count). The first-order chi connectivity index (χ1) is 12.4. The van der Waals surface area contributed by atoms with E-state index in [0.29, 0.717) is 17.1 Å². The van der Waals surface area contributed by atoms with E-state index in [1.807, 2.05) is 32.0 Å². The van der Waals surface area contributed by atoms with Crippen molar-refractivity contribution in [2.75, 3.05) is 23.9 Å². The fourth-order valence-electron chi connectivity index (χ4n) is 2.95. The average Bonchev–Trinajstić information content (AvgIpc) is 2.60. The van der Waals surface area contributed by atoms with Gasteiger partial charge in [-0.25, -0.2) is 0 Å². The lowest BCUT2D eigenvalue weighted by Crippen LogP contribution is -2.42. The summed E-state index contributed by atoms with van der Waals surface area (Å²) in [4.78, 5) is 25.8. The summed E-state index contributed by atoms with van der Waals surface area (Å²) < 4.78 is 11.2. The zero-order valence-corrected chi connectivity index (χ0v) is 15.3. The standard InChI is InChI=1S/C20H22N2O4/c1-12-6-5-7-13(2)19(12)25-11-18(23)21-15-8-9-17-16(10-15)22(4)20(24)14(3)26-17/h5-10,14H,11H2,1-4H3,(H,21,23)/t14-/m0/s1. The van der Waals surface area contributed by atoms with Crippen molar-refractivity contribution in [3.05, 3.63) is 47.5 Å². The number of para-hydroxylation sites is 1. The van der Waals surface area contributed by atoms with Crippen LogP contribution in [0.1, 0.15) is 18.1 Å². The molecule has 2 aromatic carbocycles. The van der Waals surface area contributed by atoms with Gasteiger partial charge in [0.2, 0.25) is 0 Å². The number of hydrogen-bond acceptors (Lipinski definition) is 4. The quantitative estimate of drug-likeness (QED) is 0.916. The van der Waals surface area contributed by atoms with Gasteiger partial charge in [0, 0.05) is 12.7 Å². The Balaban J connectivity index is 1.68. The summed E-state index contributed by atoms with van der Waals surface area (Å²) in [5.74, 6) is 0.941. The molecule has 0 unspecified atom stereocenters. The lowest BCUT2D eigenvalue weighted by atomic mass is 10.1. The van der Waals surface area contributed by atoms with Gasteiger partial charge in [-0.15, -0.1) is 0 Å². The number of carbonyl (C=O) groups excluding carboxylic acids is 2. The van der Waals surface area contributed by atoms with Gasteiger partial charge in [-0.3, -0.25) is 9.59 Å². The molecule has 0 spiro atoms. The molecule has 1 heterocycles. The average molecular weight is 354 g/mol. The van der Waals surface area contributed by atoms with Crippen molar-refractivity contribution < 1.29 is 19.1 Å². The van der Waals surface area contributed by atoms with Gasteiger partial charge in [-0.2, -0.15) is 0 Å². The van der Waals surface area contributed by atoms with Crippen LogP contribution in [-0.4, -0.2) is 31.6 Å². The first kappa shape index (κ1) is 17.8. The third-order valence-electron chi connectivity index (χ3n) is 4.34. The van der Waals surface area contributed by atoms with Crippen LogP contribution in [-0.2, 0) is 9.59 Å². The Bertz CT molecular complexity index is 843. The number of rotatable bonds is 4. The molecule has 1 aliphatic rings. The summed E-state index contributed by atoms with van der Waals surface area (Å²) in [7, 11) is 1.69. The van der Waals surface area contributed by atoms with Crippen LogP contribution in [0, 0.1) is 13.8 Å². The summed E-state index contributed by atoms with van der Waals surface area (Å²) >= 11 is 0. The highest BCUT2D eigenvalue weighted by Gasteiger charge is 2.29. The van der Waals surface area contributed by atoms with E-state index in [2.05, 4.69) is 5.32 Å². The molecule has 0 saturated carbocycles. The number of ether oxygens (including phenoxy) is 2. The highest BCUT2D eigenvalue weighted by atomic mass is 16.5. The third kappa shape index (κ3) is 3.49. The molecular weight excluding hydrogens is 332 g/mol. The molecule has 1 aliphatic heterocycles. The van der Waals surface area contributed by atoms with E-state index in [0.717, 1.165) is 16.9 Å². The van der Waals surface area contributed by atoms with Gasteiger partial charge >= 0.3 is 0 Å². The van der Waals surface area contributed by atoms with E-state index in [-0.39, 0.29) is 18.4 Å². The molecular formula is C20H22N2O4. The summed E-state index contributed by atoms with van der Waals surface area (Å²) in [6.45, 7) is 5.50. The normalized spacial score (nSPS) is 15.9. The fourth-order valence-corrected chi connectivity index (χ4v) is 2.95. The van der Waals surface area contributed by atoms with Gasteiger partial charge in [0.25, 0.3) is 11.8 Å². The maximum Gasteiger partial charge on any atom is 0.267 e. The van der Waals surface area contributed by atoms with Crippen LogP contribution in [0.5, 0.6) is 11.5 Å². The van der Waals surface area contributed by atoms with Gasteiger partial charge in [0.1, 0.15) is 11.5 Å². The summed E-state index contributed by atoms with van der Waals surface area (Å²) in [6, 6.07) is 11.0. The third-order valence-corrected chi connectivity index (χ3v) is 4.34. The maximum atomic E-state index is 12.2. The van der Waals surface area contributed by atoms with Crippen LogP contribution in [0.4, 0.5) is 11.4 Å². The number of nitrogens with one attached hydrogen (secondary N) is 1. The first-order valence-electron chi connectivity index (χ1n) is 8.44. The monoisotopic (exact) mass is 354 g/mol. The van der Waals surface area contributed by atoms with E-state index in [1.54, 1.807) is 32.2 Å². The number of hydrogen-bond donors (Lipinski definition) is 1. The van der Waals surface area contributed by atoms with Crippen molar-refractivity contribution in [3.63, 3.8) is 0 Å². The van der Waals surface area contributed by atoms with E-state index in [4.69, 9.17) is 9.47 Å². The minimum atomic E-state index is -0.515. The second-order valence-corrected chi connectivity index (χ2v) is 6.40. The molecule has 1 atom stereocenters. The Morgan fingerprint density at radius 1 is 1.23 bits per heavy atom. The van der Waals surface area contributed by atoms with Gasteiger partial charge in [0.05, 0.1) is 5.69 Å². The molecule has 136 valence electrons. The van der Waals surface area contributed by atoms with Gasteiger partial charge < -0.3 is 19.7 Å². The molecule has 0 radical (unpaired) electrons. The molecule has 0 bridgehead atoms. The van der Waals surface area contributed by atoms with E-state index in [1.165, 1.54) is 4.90 Å². The van der Waals surface area contributed by atoms with Crippen LogP contribution in [0.3, 0.4) is 0 Å². The maximum absolute atomic E-state index is 12.2. The van der Waals surface area contributed by atoms with Crippen molar-refractivity contribution in [1.82, 2.24) is 0 Å². The van der Waals surface area contributed by atoms with Gasteiger partial charge in [-0.05, 0) is 50.1 Å². The summed E-state index contributed by atoms with van der Waals surface area (Å²) in [5.41, 5.74) is 3.18. The number of likely N-dealkylation sites (N-methyl/N-ethyl adjacent to an activating group) is 1. The molecule has 0 fully saturated rings. The number of aryl methyl sites for hydroxylation is 2. The topological polar surface area (TPSA) is 67.9 Å². The number of nitrogens with zero attached hydrogens (tertiary/aromatic N) is 1. The Labute approximate surface area is 152 Å². The number of amides is 2. The van der Waals surface area contributed by atoms with Gasteiger partial charge in [-0.1, -0.05) is 18.2 Å². The van der Waals surface area contributed by atoms with Crippen LogP contribution < -0.4 is 19.7 Å². The number of benzene rings is 2. The molecule has 2 amide bonds. The van der Waals surface area contributed by atoms with Crippen molar-refractivity contribution in [3.8, 4) is 11.5 Å². The zero-order chi connectivity index (χ0) is 18.8. The Hall–Kier alpha value is -3.02. The predicted octanol–water partition coefficient (Wildman–Crippen LogP) is 3.06. The lowest BCUT2D eigenvalue weighted by Gasteiger charge is -2.30. The second-order valence-electron chi connectivity index (χ2n) is 6.40. The van der Waals surface area contributed by atoms with Crippen molar-refractivity contribution in [2.45, 2.75) is 26.9 Å². The lowest BCUT2D eigenvalue weighted by molar-refractivity contribution is -0.125. The van der Waals surface area contributed by atoms with Crippen LogP contribution in [0.15, 0.2) is 36.4 Å². The van der Waals surface area contributed by atoms with E-state index in [9.17, 15) is 9.59 Å². The smallest absolute Gasteiger partial charge is 0.267 e. The van der Waals surface area contributed by atoms with Crippen LogP contribution >= 0.6 is 0 Å². The molecule has 0 saturated heterocycles. The van der Waals surface area contributed by atoms with Crippen molar-refractivity contribution in [2.24, 2.45) is 0 Å².